The van der Waals surface area contributed by atoms with Crippen molar-refractivity contribution in [2.75, 3.05) is 24.5 Å². The van der Waals surface area contributed by atoms with Gasteiger partial charge in [0.25, 0.3) is 0 Å². The SMILES string of the molecule is CC1c2cc(F)ccc2CCN1CCC(=O)N1CCc2ccccc21. The van der Waals surface area contributed by atoms with Crippen LogP contribution in [0, 0.1) is 5.82 Å². The van der Waals surface area contributed by atoms with Crippen LogP contribution in [0.1, 0.15) is 36.1 Å². The van der Waals surface area contributed by atoms with Gasteiger partial charge in [-0.05, 0) is 54.7 Å². The second kappa shape index (κ2) is 6.60. The third-order valence-corrected chi connectivity index (χ3v) is 5.58. The maximum absolute atomic E-state index is 13.6. The first-order valence-corrected chi connectivity index (χ1v) is 9.04. The normalized spacial score (nSPS) is 19.6. The lowest BCUT2D eigenvalue weighted by Crippen LogP contribution is -2.38. The highest BCUT2D eigenvalue weighted by Gasteiger charge is 2.27. The van der Waals surface area contributed by atoms with Crippen molar-refractivity contribution in [2.24, 2.45) is 0 Å². The molecule has 4 heteroatoms. The van der Waals surface area contributed by atoms with Crippen LogP contribution in [0.25, 0.3) is 0 Å². The molecule has 1 atom stereocenters. The van der Waals surface area contributed by atoms with Gasteiger partial charge in [0.1, 0.15) is 5.82 Å². The molecule has 3 nitrogen and oxygen atoms in total. The van der Waals surface area contributed by atoms with Crippen molar-refractivity contribution in [3.05, 3.63) is 65.0 Å². The minimum atomic E-state index is -0.183. The summed E-state index contributed by atoms with van der Waals surface area (Å²) in [4.78, 5) is 16.9. The van der Waals surface area contributed by atoms with Crippen LogP contribution >= 0.6 is 0 Å². The Labute approximate surface area is 148 Å². The molecule has 0 aromatic heterocycles. The molecule has 0 saturated heterocycles. The van der Waals surface area contributed by atoms with Gasteiger partial charge in [0, 0.05) is 37.8 Å². The van der Waals surface area contributed by atoms with Crippen molar-refractivity contribution in [3.8, 4) is 0 Å². The van der Waals surface area contributed by atoms with E-state index in [0.717, 1.165) is 37.2 Å². The van der Waals surface area contributed by atoms with Crippen molar-refractivity contribution in [3.63, 3.8) is 0 Å². The topological polar surface area (TPSA) is 23.6 Å². The second-order valence-electron chi connectivity index (χ2n) is 6.98. The quantitative estimate of drug-likeness (QED) is 0.851. The van der Waals surface area contributed by atoms with Gasteiger partial charge in [-0.25, -0.2) is 4.39 Å². The van der Waals surface area contributed by atoms with Gasteiger partial charge in [-0.15, -0.1) is 0 Å². The lowest BCUT2D eigenvalue weighted by atomic mass is 9.93. The Morgan fingerprint density at radius 1 is 1.12 bits per heavy atom. The number of hydrogen-bond acceptors (Lipinski definition) is 2. The number of carbonyl (C=O) groups is 1. The van der Waals surface area contributed by atoms with Crippen LogP contribution in [-0.4, -0.2) is 30.4 Å². The zero-order chi connectivity index (χ0) is 17.4. The van der Waals surface area contributed by atoms with E-state index in [1.165, 1.54) is 17.2 Å². The summed E-state index contributed by atoms with van der Waals surface area (Å²) in [5.41, 5.74) is 4.60. The Balaban J connectivity index is 1.41. The number of hydrogen-bond donors (Lipinski definition) is 0. The van der Waals surface area contributed by atoms with Crippen molar-refractivity contribution in [1.29, 1.82) is 0 Å². The molecule has 1 unspecified atom stereocenters. The summed E-state index contributed by atoms with van der Waals surface area (Å²) in [5.74, 6) is -0.000565. The molecule has 25 heavy (non-hydrogen) atoms. The first-order chi connectivity index (χ1) is 12.1. The minimum absolute atomic E-state index is 0.151. The molecule has 0 saturated carbocycles. The van der Waals surface area contributed by atoms with Crippen LogP contribution in [0.4, 0.5) is 10.1 Å². The largest absolute Gasteiger partial charge is 0.312 e. The van der Waals surface area contributed by atoms with Crippen molar-refractivity contribution in [2.45, 2.75) is 32.2 Å². The third-order valence-electron chi connectivity index (χ3n) is 5.58. The number of benzene rings is 2. The molecule has 2 heterocycles. The van der Waals surface area contributed by atoms with Gasteiger partial charge in [-0.2, -0.15) is 0 Å². The van der Waals surface area contributed by atoms with Crippen molar-refractivity contribution in [1.82, 2.24) is 4.90 Å². The second-order valence-corrected chi connectivity index (χ2v) is 6.98. The van der Waals surface area contributed by atoms with Crippen LogP contribution < -0.4 is 4.90 Å². The highest BCUT2D eigenvalue weighted by atomic mass is 19.1. The fourth-order valence-corrected chi connectivity index (χ4v) is 4.11. The van der Waals surface area contributed by atoms with Gasteiger partial charge < -0.3 is 4.90 Å². The first kappa shape index (κ1) is 16.3. The van der Waals surface area contributed by atoms with E-state index >= 15 is 0 Å². The number of nitrogens with zero attached hydrogens (tertiary/aromatic N) is 2. The van der Waals surface area contributed by atoms with Gasteiger partial charge >= 0.3 is 0 Å². The molecule has 2 aliphatic rings. The minimum Gasteiger partial charge on any atom is -0.312 e. The molecule has 2 aromatic rings. The van der Waals surface area contributed by atoms with E-state index in [-0.39, 0.29) is 17.8 Å². The summed E-state index contributed by atoms with van der Waals surface area (Å²) in [7, 11) is 0. The maximum atomic E-state index is 13.6. The van der Waals surface area contributed by atoms with Gasteiger partial charge in [0.2, 0.25) is 5.91 Å². The lowest BCUT2D eigenvalue weighted by Gasteiger charge is -2.35. The summed E-state index contributed by atoms with van der Waals surface area (Å²) >= 11 is 0. The molecular formula is C21H23FN2O. The predicted molar refractivity (Wildman–Crippen MR) is 97.2 cm³/mol. The van der Waals surface area contributed by atoms with Crippen LogP contribution in [0.15, 0.2) is 42.5 Å². The summed E-state index contributed by atoms with van der Waals surface area (Å²) in [6.07, 6.45) is 2.36. The molecule has 2 aliphatic heterocycles. The Hall–Kier alpha value is -2.20. The van der Waals surface area contributed by atoms with Crippen molar-refractivity contribution >= 4 is 11.6 Å². The molecule has 0 fully saturated rings. The maximum Gasteiger partial charge on any atom is 0.228 e. The third kappa shape index (κ3) is 3.07. The van der Waals surface area contributed by atoms with E-state index in [4.69, 9.17) is 0 Å². The monoisotopic (exact) mass is 338 g/mol. The number of amides is 1. The Bertz CT molecular complexity index is 804. The standard InChI is InChI=1S/C21H23FN2O/c1-15-19-14-18(22)7-6-16(19)8-11-23(15)12-10-21(25)24-13-9-17-4-2-3-5-20(17)24/h2-7,14-15H,8-13H2,1H3. The molecule has 0 bridgehead atoms. The van der Waals surface area contributed by atoms with Crippen LogP contribution in [0.2, 0.25) is 0 Å². The van der Waals surface area contributed by atoms with E-state index in [1.807, 2.05) is 29.2 Å². The number of anilines is 1. The van der Waals surface area contributed by atoms with Gasteiger partial charge in [-0.1, -0.05) is 24.3 Å². The molecule has 0 radical (unpaired) electrons. The Morgan fingerprint density at radius 3 is 2.80 bits per heavy atom. The van der Waals surface area contributed by atoms with E-state index in [2.05, 4.69) is 17.9 Å². The average molecular weight is 338 g/mol. The molecule has 0 N–H and O–H groups in total. The number of fused-ring (bicyclic) bond motifs is 2. The summed E-state index contributed by atoms with van der Waals surface area (Å²) in [5, 5.41) is 0. The summed E-state index contributed by atoms with van der Waals surface area (Å²) < 4.78 is 13.6. The number of para-hydroxylation sites is 1. The fraction of sp³-hybridized carbons (Fsp3) is 0.381. The molecular weight excluding hydrogens is 315 g/mol. The predicted octanol–water partition coefficient (Wildman–Crippen LogP) is 3.72. The zero-order valence-corrected chi connectivity index (χ0v) is 14.5. The van der Waals surface area contributed by atoms with E-state index in [0.29, 0.717) is 13.0 Å². The van der Waals surface area contributed by atoms with Gasteiger partial charge in [0.15, 0.2) is 0 Å². The first-order valence-electron chi connectivity index (χ1n) is 9.04. The van der Waals surface area contributed by atoms with Gasteiger partial charge in [0.05, 0.1) is 0 Å². The molecule has 0 spiro atoms. The summed E-state index contributed by atoms with van der Waals surface area (Å²) in [6, 6.07) is 13.4. The molecule has 130 valence electrons. The van der Waals surface area contributed by atoms with Crippen molar-refractivity contribution < 1.29 is 9.18 Å². The van der Waals surface area contributed by atoms with Crippen LogP contribution in [0.3, 0.4) is 0 Å². The van der Waals surface area contributed by atoms with Crippen LogP contribution in [0.5, 0.6) is 0 Å². The van der Waals surface area contributed by atoms with Gasteiger partial charge in [-0.3, -0.25) is 9.69 Å². The highest BCUT2D eigenvalue weighted by molar-refractivity contribution is 5.95. The molecule has 1 amide bonds. The molecule has 2 aromatic carbocycles. The van der Waals surface area contributed by atoms with Crippen LogP contribution in [-0.2, 0) is 17.6 Å². The Kier molecular flexibility index (Phi) is 4.30. The number of rotatable bonds is 3. The lowest BCUT2D eigenvalue weighted by molar-refractivity contribution is -0.119. The zero-order valence-electron chi connectivity index (χ0n) is 14.5. The highest BCUT2D eigenvalue weighted by Crippen LogP contribution is 2.31. The average Bonchev–Trinajstić information content (AvgIpc) is 3.05. The van der Waals surface area contributed by atoms with E-state index in [1.54, 1.807) is 6.07 Å². The number of carbonyl (C=O) groups excluding carboxylic acids is 1. The summed E-state index contributed by atoms with van der Waals surface area (Å²) in [6.45, 7) is 4.52. The smallest absolute Gasteiger partial charge is 0.228 e. The van der Waals surface area contributed by atoms with E-state index in [9.17, 15) is 9.18 Å². The fourth-order valence-electron chi connectivity index (χ4n) is 4.11. The molecule has 4 rings (SSSR count). The number of halogens is 1. The van der Waals surface area contributed by atoms with E-state index < -0.39 is 0 Å². The molecule has 0 aliphatic carbocycles. The Morgan fingerprint density at radius 2 is 1.92 bits per heavy atom.